The number of rotatable bonds is 4. The van der Waals surface area contributed by atoms with Crippen LogP contribution in [0.2, 0.25) is 0 Å². The number of methoxy groups -OCH3 is 1. The number of ether oxygens (including phenoxy) is 2. The minimum atomic E-state index is -1.13. The lowest BCUT2D eigenvalue weighted by Gasteiger charge is -2.08. The van der Waals surface area contributed by atoms with Gasteiger partial charge in [0.25, 0.3) is 6.48 Å². The predicted molar refractivity (Wildman–Crippen MR) is 44.2 cm³/mol. The fourth-order valence-electron chi connectivity index (χ4n) is 0.810. The number of hydrogen-bond donors (Lipinski definition) is 1. The molecule has 0 amide bonds. The number of hydrogen-bond acceptors (Lipinski definition) is 3. The zero-order valence-corrected chi connectivity index (χ0v) is 6.93. The van der Waals surface area contributed by atoms with Crippen molar-refractivity contribution in [1.29, 1.82) is 0 Å². The van der Waals surface area contributed by atoms with Gasteiger partial charge in [0.2, 0.25) is 0 Å². The molecule has 0 saturated heterocycles. The van der Waals surface area contributed by atoms with Gasteiger partial charge in [-0.05, 0) is 5.56 Å². The van der Waals surface area contributed by atoms with Gasteiger partial charge in [0, 0.05) is 7.11 Å². The summed E-state index contributed by atoms with van der Waals surface area (Å²) in [4.78, 5) is 0. The lowest BCUT2D eigenvalue weighted by atomic mass is 10.2. The summed E-state index contributed by atoms with van der Waals surface area (Å²) in [5.41, 5.74) is 1.01. The lowest BCUT2D eigenvalue weighted by Crippen LogP contribution is -2.13. The third-order valence-corrected chi connectivity index (χ3v) is 1.44. The normalized spacial score (nSPS) is 12.8. The predicted octanol–water partition coefficient (Wildman–Crippen LogP) is 1.13. The highest BCUT2D eigenvalue weighted by Crippen LogP contribution is 2.01. The molecule has 1 unspecified atom stereocenters. The Morgan fingerprint density at radius 3 is 2.58 bits per heavy atom. The maximum atomic E-state index is 8.87. The Bertz CT molecular complexity index is 210. The Balaban J connectivity index is 2.33. The van der Waals surface area contributed by atoms with Crippen LogP contribution in [-0.4, -0.2) is 18.7 Å². The monoisotopic (exact) mass is 168 g/mol. The molecule has 0 aliphatic carbocycles. The van der Waals surface area contributed by atoms with Gasteiger partial charge in [0.15, 0.2) is 0 Å². The van der Waals surface area contributed by atoms with E-state index < -0.39 is 6.48 Å². The molecular weight excluding hydrogens is 156 g/mol. The molecule has 0 aliphatic rings. The minimum Gasteiger partial charge on any atom is -0.346 e. The molecule has 1 aromatic carbocycles. The van der Waals surface area contributed by atoms with Crippen molar-refractivity contribution < 1.29 is 14.6 Å². The quantitative estimate of drug-likeness (QED) is 0.685. The van der Waals surface area contributed by atoms with Gasteiger partial charge in [-0.2, -0.15) is 0 Å². The van der Waals surface area contributed by atoms with Crippen LogP contribution < -0.4 is 0 Å². The molecule has 0 bridgehead atoms. The van der Waals surface area contributed by atoms with Crippen molar-refractivity contribution in [3.8, 4) is 0 Å². The van der Waals surface area contributed by atoms with Gasteiger partial charge in [-0.25, -0.2) is 0 Å². The summed E-state index contributed by atoms with van der Waals surface area (Å²) in [6.45, 7) is -0.777. The molecule has 0 aromatic heterocycles. The topological polar surface area (TPSA) is 38.7 Å². The van der Waals surface area contributed by atoms with E-state index in [2.05, 4.69) is 4.74 Å². The van der Waals surface area contributed by atoms with Gasteiger partial charge < -0.3 is 14.6 Å². The average Bonchev–Trinajstić information content (AvgIpc) is 2.16. The second-order valence-electron chi connectivity index (χ2n) is 2.34. The molecule has 3 heteroatoms. The lowest BCUT2D eigenvalue weighted by molar-refractivity contribution is -0.256. The summed E-state index contributed by atoms with van der Waals surface area (Å²) in [5.74, 6) is 0. The van der Waals surface area contributed by atoms with Crippen LogP contribution in [0.4, 0.5) is 0 Å². The van der Waals surface area contributed by atoms with Crippen molar-refractivity contribution in [3.05, 3.63) is 35.9 Å². The molecule has 66 valence electrons. The third kappa shape index (κ3) is 3.00. The number of benzene rings is 1. The van der Waals surface area contributed by atoms with Crippen LogP contribution >= 0.6 is 0 Å². The maximum Gasteiger partial charge on any atom is 0.269 e. The van der Waals surface area contributed by atoms with Crippen molar-refractivity contribution in [2.24, 2.45) is 0 Å². The van der Waals surface area contributed by atoms with Crippen LogP contribution in [0, 0.1) is 0 Å². The highest BCUT2D eigenvalue weighted by atomic mass is 16.8. The smallest absolute Gasteiger partial charge is 0.269 e. The van der Waals surface area contributed by atoms with Gasteiger partial charge in [-0.1, -0.05) is 30.3 Å². The van der Waals surface area contributed by atoms with E-state index in [1.807, 2.05) is 30.3 Å². The summed E-state index contributed by atoms with van der Waals surface area (Å²) < 4.78 is 9.42. The van der Waals surface area contributed by atoms with E-state index in [4.69, 9.17) is 9.84 Å². The first-order valence-electron chi connectivity index (χ1n) is 3.69. The molecule has 1 rings (SSSR count). The first kappa shape index (κ1) is 9.19. The van der Waals surface area contributed by atoms with Crippen LogP contribution in [0.15, 0.2) is 30.3 Å². The molecule has 1 N–H and O–H groups in total. The third-order valence-electron chi connectivity index (χ3n) is 1.44. The molecule has 12 heavy (non-hydrogen) atoms. The second-order valence-corrected chi connectivity index (χ2v) is 2.34. The van der Waals surface area contributed by atoms with E-state index >= 15 is 0 Å². The number of aliphatic hydroxyl groups excluding tert-OH is 1. The first-order valence-corrected chi connectivity index (χ1v) is 3.69. The zero-order valence-electron chi connectivity index (χ0n) is 6.93. The van der Waals surface area contributed by atoms with E-state index in [1.165, 1.54) is 7.11 Å². The summed E-state index contributed by atoms with van der Waals surface area (Å²) in [6.07, 6.45) is 0. The fourth-order valence-corrected chi connectivity index (χ4v) is 0.810. The average molecular weight is 168 g/mol. The molecule has 0 saturated carbocycles. The fraction of sp³-hybridized carbons (Fsp3) is 0.333. The number of aliphatic hydroxyl groups is 1. The Hall–Kier alpha value is -0.900. The van der Waals surface area contributed by atoms with E-state index in [9.17, 15) is 0 Å². The van der Waals surface area contributed by atoms with Gasteiger partial charge in [-0.15, -0.1) is 0 Å². The molecule has 1 aromatic rings. The highest BCUT2D eigenvalue weighted by molar-refractivity contribution is 5.13. The van der Waals surface area contributed by atoms with Crippen LogP contribution in [0.3, 0.4) is 0 Å². The molecule has 1 atom stereocenters. The largest absolute Gasteiger partial charge is 0.346 e. The molecule has 0 aliphatic heterocycles. The SMILES string of the molecule is COC(O)OCc1ccccc1. The molecule has 0 spiro atoms. The Kier molecular flexibility index (Phi) is 3.73. The molecule has 3 nitrogen and oxygen atoms in total. The van der Waals surface area contributed by atoms with Crippen LogP contribution in [-0.2, 0) is 16.1 Å². The summed E-state index contributed by atoms with van der Waals surface area (Å²) >= 11 is 0. The van der Waals surface area contributed by atoms with Crippen LogP contribution in [0.25, 0.3) is 0 Å². The summed E-state index contributed by atoms with van der Waals surface area (Å²) in [7, 11) is 1.38. The van der Waals surface area contributed by atoms with Crippen molar-refractivity contribution in [2.45, 2.75) is 13.1 Å². The van der Waals surface area contributed by atoms with E-state index in [-0.39, 0.29) is 0 Å². The Labute approximate surface area is 71.5 Å². The van der Waals surface area contributed by atoms with E-state index in [0.717, 1.165) is 5.56 Å². The van der Waals surface area contributed by atoms with E-state index in [0.29, 0.717) is 6.61 Å². The van der Waals surface area contributed by atoms with Crippen molar-refractivity contribution in [3.63, 3.8) is 0 Å². The summed E-state index contributed by atoms with van der Waals surface area (Å²) in [6, 6.07) is 9.59. The van der Waals surface area contributed by atoms with Crippen LogP contribution in [0.1, 0.15) is 5.56 Å². The first-order chi connectivity index (χ1) is 5.83. The second kappa shape index (κ2) is 4.87. The van der Waals surface area contributed by atoms with Crippen molar-refractivity contribution in [1.82, 2.24) is 0 Å². The van der Waals surface area contributed by atoms with E-state index in [1.54, 1.807) is 0 Å². The highest BCUT2D eigenvalue weighted by Gasteiger charge is 1.99. The molecule has 0 fully saturated rings. The standard InChI is InChI=1S/C9H12O3/c1-11-9(10)12-7-8-5-3-2-4-6-8/h2-6,9-10H,7H2,1H3. The minimum absolute atomic E-state index is 0.357. The van der Waals surface area contributed by atoms with Crippen molar-refractivity contribution in [2.75, 3.05) is 7.11 Å². The molecular formula is C9H12O3. The van der Waals surface area contributed by atoms with Gasteiger partial charge in [0.05, 0.1) is 6.61 Å². The van der Waals surface area contributed by atoms with Gasteiger partial charge in [0.1, 0.15) is 0 Å². The van der Waals surface area contributed by atoms with Gasteiger partial charge in [-0.3, -0.25) is 0 Å². The molecule has 0 heterocycles. The Morgan fingerprint density at radius 1 is 1.33 bits per heavy atom. The molecule has 0 radical (unpaired) electrons. The zero-order chi connectivity index (χ0) is 8.81. The Morgan fingerprint density at radius 2 is 2.00 bits per heavy atom. The summed E-state index contributed by atoms with van der Waals surface area (Å²) in [5, 5.41) is 8.87. The van der Waals surface area contributed by atoms with Gasteiger partial charge >= 0.3 is 0 Å². The van der Waals surface area contributed by atoms with Crippen LogP contribution in [0.5, 0.6) is 0 Å². The van der Waals surface area contributed by atoms with Crippen molar-refractivity contribution >= 4 is 0 Å². The maximum absolute atomic E-state index is 8.87.